The second kappa shape index (κ2) is 6.87. The standard InChI is InChI=1S/C21H26N2O2/c1-15-14-23(20(24)25-21(2,3)4)12-10-16-8-9-17(13-18(15)16)19-7-5-6-11-22-19/h5-9,11,13,15H,10,12,14H2,1-4H3. The van der Waals surface area contributed by atoms with Crippen LogP contribution in [-0.2, 0) is 11.2 Å². The molecule has 0 saturated heterocycles. The van der Waals surface area contributed by atoms with Crippen LogP contribution in [-0.4, -0.2) is 34.7 Å². The lowest BCUT2D eigenvalue weighted by molar-refractivity contribution is 0.0248. The van der Waals surface area contributed by atoms with E-state index in [1.165, 1.54) is 11.1 Å². The quantitative estimate of drug-likeness (QED) is 0.760. The highest BCUT2D eigenvalue weighted by molar-refractivity contribution is 5.69. The summed E-state index contributed by atoms with van der Waals surface area (Å²) in [6.07, 6.45) is 2.44. The van der Waals surface area contributed by atoms with Gasteiger partial charge in [-0.05, 0) is 62.4 Å². The van der Waals surface area contributed by atoms with Gasteiger partial charge in [-0.25, -0.2) is 4.79 Å². The Morgan fingerprint density at radius 1 is 1.24 bits per heavy atom. The Bertz CT molecular complexity index is 750. The molecule has 1 aliphatic rings. The summed E-state index contributed by atoms with van der Waals surface area (Å²) in [6.45, 7) is 9.24. The van der Waals surface area contributed by atoms with Crippen molar-refractivity contribution in [3.05, 3.63) is 53.7 Å². The SMILES string of the molecule is CC1CN(C(=O)OC(C)(C)C)CCc2ccc(-c3ccccn3)cc21. The molecule has 1 unspecified atom stereocenters. The number of ether oxygens (including phenoxy) is 1. The first kappa shape index (κ1) is 17.5. The molecule has 0 N–H and O–H groups in total. The highest BCUT2D eigenvalue weighted by atomic mass is 16.6. The number of rotatable bonds is 1. The molecule has 2 aromatic rings. The maximum absolute atomic E-state index is 12.4. The van der Waals surface area contributed by atoms with E-state index in [0.717, 1.165) is 17.7 Å². The number of carbonyl (C=O) groups is 1. The Labute approximate surface area is 149 Å². The van der Waals surface area contributed by atoms with Crippen LogP contribution in [0.1, 0.15) is 44.7 Å². The summed E-state index contributed by atoms with van der Waals surface area (Å²) in [5.74, 6) is 0.258. The molecular formula is C21H26N2O2. The molecular weight excluding hydrogens is 312 g/mol. The summed E-state index contributed by atoms with van der Waals surface area (Å²) in [5.41, 5.74) is 4.24. The summed E-state index contributed by atoms with van der Waals surface area (Å²) in [7, 11) is 0. The van der Waals surface area contributed by atoms with Crippen molar-refractivity contribution in [2.75, 3.05) is 13.1 Å². The third-order valence-electron chi connectivity index (χ3n) is 4.43. The first-order chi connectivity index (χ1) is 11.8. The zero-order valence-electron chi connectivity index (χ0n) is 15.5. The minimum absolute atomic E-state index is 0.225. The molecule has 1 aromatic heterocycles. The second-order valence-corrected chi connectivity index (χ2v) is 7.71. The molecule has 1 aromatic carbocycles. The van der Waals surface area contributed by atoms with E-state index >= 15 is 0 Å². The van der Waals surface area contributed by atoms with Crippen molar-refractivity contribution < 1.29 is 9.53 Å². The van der Waals surface area contributed by atoms with E-state index < -0.39 is 5.60 Å². The number of amides is 1. The molecule has 0 spiro atoms. The van der Waals surface area contributed by atoms with E-state index in [1.54, 1.807) is 0 Å². The second-order valence-electron chi connectivity index (χ2n) is 7.71. The third-order valence-corrected chi connectivity index (χ3v) is 4.43. The molecule has 1 aliphatic heterocycles. The van der Waals surface area contributed by atoms with Gasteiger partial charge >= 0.3 is 6.09 Å². The summed E-state index contributed by atoms with van der Waals surface area (Å²) in [6, 6.07) is 12.5. The predicted octanol–water partition coefficient (Wildman–Crippen LogP) is 4.65. The fourth-order valence-electron chi connectivity index (χ4n) is 3.24. The van der Waals surface area contributed by atoms with Crippen molar-refractivity contribution in [1.29, 1.82) is 0 Å². The zero-order valence-corrected chi connectivity index (χ0v) is 15.5. The number of fused-ring (bicyclic) bond motifs is 1. The number of nitrogens with zero attached hydrogens (tertiary/aromatic N) is 2. The smallest absolute Gasteiger partial charge is 0.410 e. The topological polar surface area (TPSA) is 42.4 Å². The van der Waals surface area contributed by atoms with Gasteiger partial charge in [0.05, 0.1) is 5.69 Å². The molecule has 0 saturated carbocycles. The third kappa shape index (κ3) is 4.19. The fourth-order valence-corrected chi connectivity index (χ4v) is 3.24. The molecule has 2 heterocycles. The van der Waals surface area contributed by atoms with Crippen molar-refractivity contribution in [2.45, 2.75) is 45.6 Å². The Balaban J connectivity index is 1.83. The fraction of sp³-hybridized carbons (Fsp3) is 0.429. The highest BCUT2D eigenvalue weighted by Gasteiger charge is 2.27. The number of hydrogen-bond donors (Lipinski definition) is 0. The lowest BCUT2D eigenvalue weighted by Crippen LogP contribution is -2.38. The van der Waals surface area contributed by atoms with Crippen molar-refractivity contribution in [3.8, 4) is 11.3 Å². The average molecular weight is 338 g/mol. The van der Waals surface area contributed by atoms with Crippen LogP contribution < -0.4 is 0 Å². The molecule has 3 rings (SSSR count). The minimum Gasteiger partial charge on any atom is -0.444 e. The van der Waals surface area contributed by atoms with Gasteiger partial charge < -0.3 is 9.64 Å². The van der Waals surface area contributed by atoms with Crippen molar-refractivity contribution in [3.63, 3.8) is 0 Å². The normalized spacial score (nSPS) is 17.6. The molecule has 4 nitrogen and oxygen atoms in total. The Kier molecular flexibility index (Phi) is 4.80. The number of pyridine rings is 1. The molecule has 1 amide bonds. The van der Waals surface area contributed by atoms with Gasteiger partial charge in [-0.2, -0.15) is 0 Å². The largest absolute Gasteiger partial charge is 0.444 e. The van der Waals surface area contributed by atoms with Gasteiger partial charge in [-0.1, -0.05) is 25.1 Å². The van der Waals surface area contributed by atoms with Crippen LogP contribution in [0, 0.1) is 0 Å². The maximum atomic E-state index is 12.4. The van der Waals surface area contributed by atoms with Gasteiger partial charge in [0.2, 0.25) is 0 Å². The van der Waals surface area contributed by atoms with Crippen LogP contribution in [0.15, 0.2) is 42.6 Å². The van der Waals surface area contributed by atoms with Gasteiger partial charge in [0.1, 0.15) is 5.60 Å². The van der Waals surface area contributed by atoms with Crippen LogP contribution in [0.5, 0.6) is 0 Å². The van der Waals surface area contributed by atoms with Crippen molar-refractivity contribution >= 4 is 6.09 Å². The number of aromatic nitrogens is 1. The summed E-state index contributed by atoms with van der Waals surface area (Å²) < 4.78 is 5.55. The Morgan fingerprint density at radius 3 is 2.72 bits per heavy atom. The van der Waals surface area contributed by atoms with E-state index in [4.69, 9.17) is 4.74 Å². The lowest BCUT2D eigenvalue weighted by atomic mass is 9.92. The first-order valence-corrected chi connectivity index (χ1v) is 8.85. The summed E-state index contributed by atoms with van der Waals surface area (Å²) in [4.78, 5) is 18.7. The van der Waals surface area contributed by atoms with E-state index in [2.05, 4.69) is 30.1 Å². The predicted molar refractivity (Wildman–Crippen MR) is 99.6 cm³/mol. The Morgan fingerprint density at radius 2 is 2.04 bits per heavy atom. The lowest BCUT2D eigenvalue weighted by Gasteiger charge is -2.27. The monoisotopic (exact) mass is 338 g/mol. The van der Waals surface area contributed by atoms with Gasteiger partial charge in [-0.15, -0.1) is 0 Å². The molecule has 4 heteroatoms. The van der Waals surface area contributed by atoms with E-state index in [0.29, 0.717) is 13.1 Å². The maximum Gasteiger partial charge on any atom is 0.410 e. The molecule has 0 radical (unpaired) electrons. The molecule has 25 heavy (non-hydrogen) atoms. The first-order valence-electron chi connectivity index (χ1n) is 8.85. The minimum atomic E-state index is -0.467. The number of benzene rings is 1. The van der Waals surface area contributed by atoms with Crippen LogP contribution in [0.2, 0.25) is 0 Å². The highest BCUT2D eigenvalue weighted by Crippen LogP contribution is 2.30. The molecule has 0 bridgehead atoms. The molecule has 0 aliphatic carbocycles. The van der Waals surface area contributed by atoms with Crippen LogP contribution in [0.3, 0.4) is 0 Å². The molecule has 132 valence electrons. The van der Waals surface area contributed by atoms with Gasteiger partial charge in [0.15, 0.2) is 0 Å². The van der Waals surface area contributed by atoms with E-state index in [1.807, 2.05) is 50.1 Å². The summed E-state index contributed by atoms with van der Waals surface area (Å²) in [5, 5.41) is 0. The zero-order chi connectivity index (χ0) is 18.0. The van der Waals surface area contributed by atoms with Gasteiger partial charge in [0.25, 0.3) is 0 Å². The number of hydrogen-bond acceptors (Lipinski definition) is 3. The molecule has 0 fully saturated rings. The van der Waals surface area contributed by atoms with Crippen molar-refractivity contribution in [2.24, 2.45) is 0 Å². The molecule has 1 atom stereocenters. The van der Waals surface area contributed by atoms with Gasteiger partial charge in [0, 0.05) is 24.8 Å². The van der Waals surface area contributed by atoms with E-state index in [9.17, 15) is 4.79 Å². The van der Waals surface area contributed by atoms with Crippen LogP contribution in [0.4, 0.5) is 4.79 Å². The van der Waals surface area contributed by atoms with E-state index in [-0.39, 0.29) is 12.0 Å². The van der Waals surface area contributed by atoms with Crippen LogP contribution >= 0.6 is 0 Å². The Hall–Kier alpha value is -2.36. The summed E-state index contributed by atoms with van der Waals surface area (Å²) >= 11 is 0. The average Bonchev–Trinajstić information content (AvgIpc) is 2.73. The van der Waals surface area contributed by atoms with Crippen molar-refractivity contribution in [1.82, 2.24) is 9.88 Å². The number of carbonyl (C=O) groups excluding carboxylic acids is 1. The van der Waals surface area contributed by atoms with Gasteiger partial charge in [-0.3, -0.25) is 4.98 Å². The van der Waals surface area contributed by atoms with Crippen LogP contribution in [0.25, 0.3) is 11.3 Å².